The topological polar surface area (TPSA) is 77.5 Å². The molecule has 3 aromatic rings. The van der Waals surface area contributed by atoms with Crippen molar-refractivity contribution in [2.75, 3.05) is 0 Å². The number of hydrogen-bond acceptors (Lipinski definition) is 4. The molecular formula is C21H20FN3O3S. The van der Waals surface area contributed by atoms with Gasteiger partial charge in [-0.2, -0.15) is 4.99 Å². The molecule has 0 aliphatic heterocycles. The van der Waals surface area contributed by atoms with E-state index in [0.717, 1.165) is 29.0 Å². The number of nitrogens with zero attached hydrogens (tertiary/aromatic N) is 3. The lowest BCUT2D eigenvalue weighted by atomic mass is 10.1. The van der Waals surface area contributed by atoms with Gasteiger partial charge in [0.15, 0.2) is 4.80 Å². The first-order valence-electron chi connectivity index (χ1n) is 9.27. The molecule has 0 aliphatic carbocycles. The van der Waals surface area contributed by atoms with Gasteiger partial charge in [0.05, 0.1) is 10.6 Å². The summed E-state index contributed by atoms with van der Waals surface area (Å²) in [5.41, 5.74) is 1.42. The van der Waals surface area contributed by atoms with Crippen LogP contribution in [0.1, 0.15) is 35.5 Å². The molecule has 6 nitrogen and oxygen atoms in total. The number of benzene rings is 2. The summed E-state index contributed by atoms with van der Waals surface area (Å²) >= 11 is 1.38. The number of para-hydroxylation sites is 1. The van der Waals surface area contributed by atoms with Gasteiger partial charge in [-0.3, -0.25) is 14.9 Å². The fourth-order valence-electron chi connectivity index (χ4n) is 3.12. The van der Waals surface area contributed by atoms with Crippen molar-refractivity contribution < 1.29 is 14.1 Å². The van der Waals surface area contributed by atoms with Crippen molar-refractivity contribution in [2.24, 2.45) is 4.99 Å². The zero-order chi connectivity index (χ0) is 21.0. The lowest BCUT2D eigenvalue weighted by Gasteiger charge is -2.09. The number of halogens is 1. The van der Waals surface area contributed by atoms with Crippen LogP contribution < -0.4 is 4.80 Å². The van der Waals surface area contributed by atoms with Gasteiger partial charge in [-0.25, -0.2) is 4.39 Å². The highest BCUT2D eigenvalue weighted by Crippen LogP contribution is 2.28. The molecule has 0 saturated heterocycles. The largest absolute Gasteiger partial charge is 0.316 e. The Kier molecular flexibility index (Phi) is 6.33. The standard InChI is InChI=1S/C21H20FN3O3S/c1-3-7-18-19(14-10-12-15(22)13-11-14)24(4-2)21(29-18)23-20(26)16-8-5-6-9-17(16)25(27)28/h5-6,8-13H,3-4,7H2,1-2H3. The predicted octanol–water partition coefficient (Wildman–Crippen LogP) is 4.98. The van der Waals surface area contributed by atoms with Crippen LogP contribution >= 0.6 is 11.3 Å². The molecule has 0 N–H and O–H groups in total. The van der Waals surface area contributed by atoms with E-state index in [1.165, 1.54) is 41.7 Å². The van der Waals surface area contributed by atoms with Crippen molar-refractivity contribution in [3.63, 3.8) is 0 Å². The second-order valence-corrected chi connectivity index (χ2v) is 7.41. The van der Waals surface area contributed by atoms with Crippen molar-refractivity contribution in [3.8, 4) is 11.3 Å². The Morgan fingerprint density at radius 2 is 1.86 bits per heavy atom. The van der Waals surface area contributed by atoms with Gasteiger partial charge < -0.3 is 4.57 Å². The molecule has 1 aromatic heterocycles. The number of nitro groups is 1. The van der Waals surface area contributed by atoms with E-state index in [1.54, 1.807) is 18.2 Å². The third kappa shape index (κ3) is 4.32. The minimum absolute atomic E-state index is 0.0473. The molecule has 150 valence electrons. The van der Waals surface area contributed by atoms with Crippen molar-refractivity contribution in [1.29, 1.82) is 0 Å². The second-order valence-electron chi connectivity index (χ2n) is 6.35. The van der Waals surface area contributed by atoms with Gasteiger partial charge in [-0.15, -0.1) is 11.3 Å². The minimum atomic E-state index is -0.658. The van der Waals surface area contributed by atoms with Crippen LogP contribution in [0.5, 0.6) is 0 Å². The third-order valence-corrected chi connectivity index (χ3v) is 5.56. The average molecular weight is 413 g/mol. The van der Waals surface area contributed by atoms with E-state index in [0.29, 0.717) is 11.3 Å². The summed E-state index contributed by atoms with van der Waals surface area (Å²) in [7, 11) is 0. The SMILES string of the molecule is CCCc1sc(=NC(=O)c2ccccc2[N+](=O)[O-])n(CC)c1-c1ccc(F)cc1. The molecule has 0 unspecified atom stereocenters. The number of nitro benzene ring substituents is 1. The van der Waals surface area contributed by atoms with Gasteiger partial charge in [0.25, 0.3) is 11.6 Å². The third-order valence-electron chi connectivity index (χ3n) is 4.42. The number of aromatic nitrogens is 1. The predicted molar refractivity (Wildman–Crippen MR) is 110 cm³/mol. The Labute approximate surface area is 171 Å². The van der Waals surface area contributed by atoms with Crippen LogP contribution in [-0.4, -0.2) is 15.4 Å². The summed E-state index contributed by atoms with van der Waals surface area (Å²) in [4.78, 5) is 29.1. The van der Waals surface area contributed by atoms with Gasteiger partial charge in [0.1, 0.15) is 11.4 Å². The zero-order valence-corrected chi connectivity index (χ0v) is 16.9. The number of carbonyl (C=O) groups is 1. The Morgan fingerprint density at radius 3 is 2.48 bits per heavy atom. The summed E-state index contributed by atoms with van der Waals surface area (Å²) < 4.78 is 15.3. The maximum atomic E-state index is 13.4. The molecule has 1 amide bonds. The number of amides is 1. The van der Waals surface area contributed by atoms with E-state index >= 15 is 0 Å². The molecule has 29 heavy (non-hydrogen) atoms. The van der Waals surface area contributed by atoms with E-state index in [-0.39, 0.29) is 17.1 Å². The van der Waals surface area contributed by atoms with E-state index < -0.39 is 10.8 Å². The molecule has 0 atom stereocenters. The van der Waals surface area contributed by atoms with E-state index in [1.807, 2.05) is 11.5 Å². The number of carbonyl (C=O) groups excluding carboxylic acids is 1. The van der Waals surface area contributed by atoms with Crippen molar-refractivity contribution >= 4 is 22.9 Å². The quantitative estimate of drug-likeness (QED) is 0.422. The normalized spacial score (nSPS) is 11.6. The number of rotatable bonds is 6. The highest BCUT2D eigenvalue weighted by atomic mass is 32.1. The molecule has 3 rings (SSSR count). The van der Waals surface area contributed by atoms with Crippen LogP contribution in [0.3, 0.4) is 0 Å². The highest BCUT2D eigenvalue weighted by molar-refractivity contribution is 7.09. The number of aryl methyl sites for hydroxylation is 1. The highest BCUT2D eigenvalue weighted by Gasteiger charge is 2.20. The Bertz CT molecular complexity index is 1120. The van der Waals surface area contributed by atoms with Crippen molar-refractivity contribution in [2.45, 2.75) is 33.2 Å². The molecule has 2 aromatic carbocycles. The molecule has 8 heteroatoms. The fraction of sp³-hybridized carbons (Fsp3) is 0.238. The Balaban J connectivity index is 2.17. The Hall–Kier alpha value is -3.13. The smallest absolute Gasteiger partial charge is 0.286 e. The number of thiazole rings is 1. The van der Waals surface area contributed by atoms with Crippen LogP contribution in [-0.2, 0) is 13.0 Å². The Morgan fingerprint density at radius 1 is 1.17 bits per heavy atom. The molecule has 0 radical (unpaired) electrons. The minimum Gasteiger partial charge on any atom is -0.316 e. The summed E-state index contributed by atoms with van der Waals surface area (Å²) in [5, 5.41) is 11.2. The number of hydrogen-bond donors (Lipinski definition) is 0. The van der Waals surface area contributed by atoms with Crippen LogP contribution in [0.4, 0.5) is 10.1 Å². The first-order chi connectivity index (χ1) is 14.0. The summed E-state index contributed by atoms with van der Waals surface area (Å²) in [5.74, 6) is -0.977. The monoisotopic (exact) mass is 413 g/mol. The lowest BCUT2D eigenvalue weighted by molar-refractivity contribution is -0.385. The van der Waals surface area contributed by atoms with E-state index in [9.17, 15) is 19.3 Å². The molecule has 0 spiro atoms. The van der Waals surface area contributed by atoms with Gasteiger partial charge in [-0.05, 0) is 49.2 Å². The summed E-state index contributed by atoms with van der Waals surface area (Å²) in [6.07, 6.45) is 1.68. The van der Waals surface area contributed by atoms with Crippen molar-refractivity contribution in [1.82, 2.24) is 4.57 Å². The first-order valence-corrected chi connectivity index (χ1v) is 10.1. The summed E-state index contributed by atoms with van der Waals surface area (Å²) in [6.45, 7) is 4.54. The zero-order valence-electron chi connectivity index (χ0n) is 16.1. The van der Waals surface area contributed by atoms with E-state index in [2.05, 4.69) is 11.9 Å². The molecule has 0 bridgehead atoms. The molecule has 1 heterocycles. The molecule has 0 aliphatic rings. The van der Waals surface area contributed by atoms with E-state index in [4.69, 9.17) is 0 Å². The summed E-state index contributed by atoms with van der Waals surface area (Å²) in [6, 6.07) is 12.0. The molecule has 0 saturated carbocycles. The maximum absolute atomic E-state index is 13.4. The average Bonchev–Trinajstić information content (AvgIpc) is 3.05. The van der Waals surface area contributed by atoms with Crippen LogP contribution in [0, 0.1) is 15.9 Å². The van der Waals surface area contributed by atoms with Crippen LogP contribution in [0.2, 0.25) is 0 Å². The first kappa shape index (κ1) is 20.6. The molecule has 0 fully saturated rings. The van der Waals surface area contributed by atoms with Crippen LogP contribution in [0.15, 0.2) is 53.5 Å². The van der Waals surface area contributed by atoms with Gasteiger partial charge in [0.2, 0.25) is 0 Å². The maximum Gasteiger partial charge on any atom is 0.286 e. The van der Waals surface area contributed by atoms with Gasteiger partial charge >= 0.3 is 0 Å². The van der Waals surface area contributed by atoms with Crippen molar-refractivity contribution in [3.05, 3.63) is 79.7 Å². The molecular weight excluding hydrogens is 393 g/mol. The lowest BCUT2D eigenvalue weighted by Crippen LogP contribution is -2.17. The van der Waals surface area contributed by atoms with Gasteiger partial charge in [-0.1, -0.05) is 25.5 Å². The van der Waals surface area contributed by atoms with Gasteiger partial charge in [0, 0.05) is 17.5 Å². The second kappa shape index (κ2) is 8.91. The van der Waals surface area contributed by atoms with Crippen LogP contribution in [0.25, 0.3) is 11.3 Å². The fourth-order valence-corrected chi connectivity index (χ4v) is 4.43.